The minimum Gasteiger partial charge on any atom is -0.274 e. The first-order valence-corrected chi connectivity index (χ1v) is 9.73. The first-order chi connectivity index (χ1) is 12.9. The summed E-state index contributed by atoms with van der Waals surface area (Å²) in [6, 6.07) is 5.92. The minimum absolute atomic E-state index is 0.0959. The number of carbonyl (C=O) groups excluding carboxylic acids is 1. The third-order valence-electron chi connectivity index (χ3n) is 4.10. The minimum atomic E-state index is -0.0959. The number of aromatic nitrogens is 4. The number of amides is 1. The molecule has 27 heavy (non-hydrogen) atoms. The maximum Gasteiger partial charge on any atom is 0.230 e. The molecule has 0 spiro atoms. The number of rotatable bonds is 5. The van der Waals surface area contributed by atoms with Crippen molar-refractivity contribution in [1.82, 2.24) is 19.9 Å². The molecule has 1 aromatic carbocycles. The van der Waals surface area contributed by atoms with E-state index < -0.39 is 0 Å². The van der Waals surface area contributed by atoms with E-state index in [1.54, 1.807) is 15.8 Å². The summed E-state index contributed by atoms with van der Waals surface area (Å²) in [6.45, 7) is 7.58. The molecule has 0 saturated carbocycles. The van der Waals surface area contributed by atoms with Crippen molar-refractivity contribution in [3.8, 4) is 0 Å². The number of aromatic amines is 1. The van der Waals surface area contributed by atoms with Crippen LogP contribution in [0.2, 0.25) is 0 Å². The standard InChI is InChI=1S/C18H20N6OS2/c1-5-16-21-22-17(26)24(16)19-9-14-10-27-18(20-14)23(13(4)25)15-7-6-11(2)12(3)8-15/h6-10H,5H2,1-4H3,(H,22,26)/b19-9-. The van der Waals surface area contributed by atoms with Crippen LogP contribution in [-0.4, -0.2) is 32.0 Å². The molecule has 7 nitrogen and oxygen atoms in total. The SMILES string of the molecule is CCc1n[nH]c(=S)n1/N=C\c1csc(N(C(C)=O)c2ccc(C)c(C)c2)n1. The molecule has 0 aliphatic heterocycles. The second-order valence-corrected chi connectivity index (χ2v) is 7.26. The Kier molecular flexibility index (Phi) is 5.62. The molecular weight excluding hydrogens is 380 g/mol. The second kappa shape index (κ2) is 7.93. The molecule has 0 bridgehead atoms. The first-order valence-electron chi connectivity index (χ1n) is 8.44. The van der Waals surface area contributed by atoms with Crippen LogP contribution in [0.1, 0.15) is 36.5 Å². The van der Waals surface area contributed by atoms with Gasteiger partial charge in [0.25, 0.3) is 0 Å². The molecule has 0 fully saturated rings. The predicted octanol–water partition coefficient (Wildman–Crippen LogP) is 4.14. The van der Waals surface area contributed by atoms with Crippen molar-refractivity contribution < 1.29 is 4.79 Å². The van der Waals surface area contributed by atoms with E-state index in [0.29, 0.717) is 22.0 Å². The van der Waals surface area contributed by atoms with E-state index in [9.17, 15) is 4.79 Å². The molecule has 2 heterocycles. The molecule has 0 radical (unpaired) electrons. The molecule has 140 valence electrons. The van der Waals surface area contributed by atoms with E-state index in [-0.39, 0.29) is 5.91 Å². The summed E-state index contributed by atoms with van der Waals surface area (Å²) >= 11 is 6.57. The van der Waals surface area contributed by atoms with Crippen molar-refractivity contribution in [3.05, 3.63) is 51.0 Å². The summed E-state index contributed by atoms with van der Waals surface area (Å²) in [7, 11) is 0. The molecule has 3 rings (SSSR count). The average Bonchev–Trinajstić information content (AvgIpc) is 3.22. The van der Waals surface area contributed by atoms with Gasteiger partial charge in [0.05, 0.1) is 17.6 Å². The smallest absolute Gasteiger partial charge is 0.230 e. The Morgan fingerprint density at radius 1 is 1.41 bits per heavy atom. The lowest BCUT2D eigenvalue weighted by Crippen LogP contribution is -2.22. The number of benzene rings is 1. The van der Waals surface area contributed by atoms with Crippen LogP contribution < -0.4 is 4.90 Å². The van der Waals surface area contributed by atoms with E-state index in [0.717, 1.165) is 17.1 Å². The van der Waals surface area contributed by atoms with Gasteiger partial charge in [0.15, 0.2) is 11.0 Å². The van der Waals surface area contributed by atoms with Crippen LogP contribution in [0.3, 0.4) is 0 Å². The summed E-state index contributed by atoms with van der Waals surface area (Å²) in [4.78, 5) is 18.4. The average molecular weight is 401 g/mol. The summed E-state index contributed by atoms with van der Waals surface area (Å²) in [5.41, 5.74) is 3.75. The van der Waals surface area contributed by atoms with Gasteiger partial charge in [-0.2, -0.15) is 14.9 Å². The van der Waals surface area contributed by atoms with Gasteiger partial charge in [0, 0.05) is 18.7 Å². The number of anilines is 2. The number of hydrogen-bond donors (Lipinski definition) is 1. The van der Waals surface area contributed by atoms with Crippen LogP contribution in [-0.2, 0) is 11.2 Å². The van der Waals surface area contributed by atoms with Crippen LogP contribution in [0.5, 0.6) is 0 Å². The normalized spacial score (nSPS) is 11.3. The monoisotopic (exact) mass is 400 g/mol. The Bertz CT molecular complexity index is 1060. The van der Waals surface area contributed by atoms with E-state index in [2.05, 4.69) is 20.3 Å². The van der Waals surface area contributed by atoms with Gasteiger partial charge in [-0.25, -0.2) is 4.98 Å². The number of thiazole rings is 1. The van der Waals surface area contributed by atoms with Gasteiger partial charge in [-0.3, -0.25) is 14.8 Å². The number of nitrogens with one attached hydrogen (secondary N) is 1. The van der Waals surface area contributed by atoms with E-state index in [1.165, 1.54) is 23.8 Å². The van der Waals surface area contributed by atoms with Crippen LogP contribution >= 0.6 is 23.6 Å². The maximum absolute atomic E-state index is 12.3. The molecule has 0 aliphatic rings. The topological polar surface area (TPSA) is 79.2 Å². The second-order valence-electron chi connectivity index (χ2n) is 6.03. The van der Waals surface area contributed by atoms with Crippen molar-refractivity contribution in [1.29, 1.82) is 0 Å². The fourth-order valence-electron chi connectivity index (χ4n) is 2.52. The Balaban J connectivity index is 1.91. The van der Waals surface area contributed by atoms with Crippen molar-refractivity contribution in [3.63, 3.8) is 0 Å². The summed E-state index contributed by atoms with van der Waals surface area (Å²) in [5.74, 6) is 0.647. The zero-order chi connectivity index (χ0) is 19.6. The van der Waals surface area contributed by atoms with Crippen LogP contribution in [0.15, 0.2) is 28.7 Å². The highest BCUT2D eigenvalue weighted by Crippen LogP contribution is 2.29. The lowest BCUT2D eigenvalue weighted by molar-refractivity contribution is -0.115. The van der Waals surface area contributed by atoms with Crippen molar-refractivity contribution in [2.24, 2.45) is 5.10 Å². The Hall–Kier alpha value is -2.65. The molecule has 0 aliphatic carbocycles. The molecule has 9 heteroatoms. The predicted molar refractivity (Wildman–Crippen MR) is 111 cm³/mol. The van der Waals surface area contributed by atoms with Gasteiger partial charge in [0.1, 0.15) is 0 Å². The highest BCUT2D eigenvalue weighted by molar-refractivity contribution is 7.71. The summed E-state index contributed by atoms with van der Waals surface area (Å²) in [6.07, 6.45) is 2.32. The third-order valence-corrected chi connectivity index (χ3v) is 5.21. The summed E-state index contributed by atoms with van der Waals surface area (Å²) < 4.78 is 2.00. The van der Waals surface area contributed by atoms with Gasteiger partial charge in [-0.05, 0) is 49.3 Å². The Morgan fingerprint density at radius 3 is 2.85 bits per heavy atom. The fourth-order valence-corrected chi connectivity index (χ4v) is 3.55. The first kappa shape index (κ1) is 19.1. The fraction of sp³-hybridized carbons (Fsp3) is 0.278. The zero-order valence-electron chi connectivity index (χ0n) is 15.6. The van der Waals surface area contributed by atoms with Gasteiger partial charge in [0.2, 0.25) is 10.7 Å². The largest absolute Gasteiger partial charge is 0.274 e. The third kappa shape index (κ3) is 4.04. The maximum atomic E-state index is 12.3. The lowest BCUT2D eigenvalue weighted by Gasteiger charge is -2.19. The number of aryl methyl sites for hydroxylation is 3. The summed E-state index contributed by atoms with van der Waals surface area (Å²) in [5, 5.41) is 13.7. The van der Waals surface area contributed by atoms with E-state index >= 15 is 0 Å². The molecular formula is C18H20N6OS2. The van der Waals surface area contributed by atoms with Gasteiger partial charge in [-0.1, -0.05) is 13.0 Å². The number of carbonyl (C=O) groups is 1. The highest BCUT2D eigenvalue weighted by Gasteiger charge is 2.18. The molecule has 1 N–H and O–H groups in total. The molecule has 1 amide bonds. The highest BCUT2D eigenvalue weighted by atomic mass is 32.1. The van der Waals surface area contributed by atoms with Crippen molar-refractivity contribution in [2.45, 2.75) is 34.1 Å². The Labute approximate surface area is 166 Å². The van der Waals surface area contributed by atoms with Gasteiger partial charge in [-0.15, -0.1) is 11.3 Å². The number of nitrogens with zero attached hydrogens (tertiary/aromatic N) is 5. The van der Waals surface area contributed by atoms with Gasteiger partial charge >= 0.3 is 0 Å². The molecule has 2 aromatic heterocycles. The van der Waals surface area contributed by atoms with E-state index in [4.69, 9.17) is 12.2 Å². The number of H-pyrrole nitrogens is 1. The molecule has 0 saturated heterocycles. The molecule has 3 aromatic rings. The van der Waals surface area contributed by atoms with Gasteiger partial charge < -0.3 is 0 Å². The van der Waals surface area contributed by atoms with Crippen molar-refractivity contribution in [2.75, 3.05) is 4.90 Å². The molecule has 0 unspecified atom stereocenters. The van der Waals surface area contributed by atoms with Crippen LogP contribution in [0, 0.1) is 18.6 Å². The number of hydrogen-bond acceptors (Lipinski definition) is 6. The van der Waals surface area contributed by atoms with Crippen LogP contribution in [0.4, 0.5) is 10.8 Å². The zero-order valence-corrected chi connectivity index (χ0v) is 17.2. The quantitative estimate of drug-likeness (QED) is 0.516. The molecule has 0 atom stereocenters. The van der Waals surface area contributed by atoms with Crippen LogP contribution in [0.25, 0.3) is 0 Å². The van der Waals surface area contributed by atoms with E-state index in [1.807, 2.05) is 44.4 Å². The Morgan fingerprint density at radius 2 is 2.19 bits per heavy atom. The van der Waals surface area contributed by atoms with Crippen molar-refractivity contribution >= 4 is 46.5 Å². The lowest BCUT2D eigenvalue weighted by atomic mass is 10.1.